The van der Waals surface area contributed by atoms with Crippen LogP contribution in [0, 0.1) is 6.92 Å². The Kier molecular flexibility index (Phi) is 5.98. The van der Waals surface area contributed by atoms with Gasteiger partial charge in [-0.05, 0) is 31.1 Å². The highest BCUT2D eigenvalue weighted by molar-refractivity contribution is 6.19. The molecule has 0 amide bonds. The van der Waals surface area contributed by atoms with E-state index in [-0.39, 0.29) is 18.2 Å². The Bertz CT molecular complexity index is 750. The summed E-state index contributed by atoms with van der Waals surface area (Å²) < 4.78 is 5.34. The van der Waals surface area contributed by atoms with Crippen molar-refractivity contribution in [3.8, 4) is 5.75 Å². The van der Waals surface area contributed by atoms with E-state index < -0.39 is 0 Å². The lowest BCUT2D eigenvalue weighted by Gasteiger charge is -2.25. The first-order valence-corrected chi connectivity index (χ1v) is 8.21. The lowest BCUT2D eigenvalue weighted by molar-refractivity contribution is -0.116. The Hall–Kier alpha value is -2.60. The zero-order chi connectivity index (χ0) is 18.6. The highest BCUT2D eigenvalue weighted by Gasteiger charge is 2.24. The van der Waals surface area contributed by atoms with Crippen LogP contribution in [0.4, 0.5) is 5.69 Å². The van der Waals surface area contributed by atoms with Gasteiger partial charge in [0.1, 0.15) is 5.75 Å². The summed E-state index contributed by atoms with van der Waals surface area (Å²) in [4.78, 5) is 26.6. The minimum atomic E-state index is -0.226. The number of nitrogens with zero attached hydrogens (tertiary/aromatic N) is 1. The quantitative estimate of drug-likeness (QED) is 0.574. The Labute approximate surface area is 147 Å². The van der Waals surface area contributed by atoms with Crippen LogP contribution in [-0.2, 0) is 16.0 Å². The number of hydrogen-bond acceptors (Lipinski definition) is 6. The summed E-state index contributed by atoms with van der Waals surface area (Å²) in [5, 5.41) is 9.10. The van der Waals surface area contributed by atoms with Crippen molar-refractivity contribution in [2.24, 2.45) is 0 Å². The van der Waals surface area contributed by atoms with E-state index in [0.29, 0.717) is 42.2 Å². The molecule has 0 saturated heterocycles. The number of aryl methyl sites for hydroxylation is 1. The van der Waals surface area contributed by atoms with Gasteiger partial charge in [-0.3, -0.25) is 9.59 Å². The fourth-order valence-electron chi connectivity index (χ4n) is 2.84. The number of nitrogens with two attached hydrogens (primary N) is 1. The minimum Gasteiger partial charge on any atom is -0.496 e. The van der Waals surface area contributed by atoms with E-state index >= 15 is 0 Å². The number of aliphatic hydroxyl groups is 1. The van der Waals surface area contributed by atoms with E-state index in [0.717, 1.165) is 11.1 Å². The average Bonchev–Trinajstić information content (AvgIpc) is 2.58. The maximum atomic E-state index is 12.5. The molecule has 1 aromatic carbocycles. The van der Waals surface area contributed by atoms with Crippen LogP contribution in [0.5, 0.6) is 5.75 Å². The molecule has 0 unspecified atom stereocenters. The van der Waals surface area contributed by atoms with E-state index in [1.54, 1.807) is 18.1 Å². The molecule has 0 fully saturated rings. The normalized spacial score (nSPS) is 14.2. The first-order valence-electron chi connectivity index (χ1n) is 8.21. The smallest absolute Gasteiger partial charge is 0.202 e. The molecular formula is C19H24N2O4. The summed E-state index contributed by atoms with van der Waals surface area (Å²) in [5.41, 5.74) is 8.94. The molecule has 134 valence electrons. The van der Waals surface area contributed by atoms with Gasteiger partial charge in [-0.2, -0.15) is 0 Å². The average molecular weight is 344 g/mol. The lowest BCUT2D eigenvalue weighted by atomic mass is 9.93. The number of nitrogen functional groups attached to an aromatic ring is 1. The second-order valence-electron chi connectivity index (χ2n) is 5.93. The van der Waals surface area contributed by atoms with Gasteiger partial charge in [-0.1, -0.05) is 6.07 Å². The van der Waals surface area contributed by atoms with Gasteiger partial charge in [-0.15, -0.1) is 0 Å². The molecule has 25 heavy (non-hydrogen) atoms. The van der Waals surface area contributed by atoms with E-state index in [4.69, 9.17) is 15.6 Å². The number of ketones is 2. The zero-order valence-corrected chi connectivity index (χ0v) is 14.8. The van der Waals surface area contributed by atoms with Gasteiger partial charge >= 0.3 is 0 Å². The molecule has 0 saturated carbocycles. The van der Waals surface area contributed by atoms with Crippen molar-refractivity contribution < 1.29 is 19.4 Å². The Morgan fingerprint density at radius 3 is 2.52 bits per heavy atom. The molecule has 6 nitrogen and oxygen atoms in total. The first-order chi connectivity index (χ1) is 11.9. The summed E-state index contributed by atoms with van der Waals surface area (Å²) >= 11 is 0. The number of benzene rings is 1. The van der Waals surface area contributed by atoms with Gasteiger partial charge in [0.15, 0.2) is 5.78 Å². The van der Waals surface area contributed by atoms with Crippen molar-refractivity contribution in [3.05, 3.63) is 46.7 Å². The lowest BCUT2D eigenvalue weighted by Crippen LogP contribution is -2.32. The van der Waals surface area contributed by atoms with E-state index in [1.807, 2.05) is 19.9 Å². The van der Waals surface area contributed by atoms with E-state index in [2.05, 4.69) is 0 Å². The number of allylic oxidation sites excluding steroid dienone is 3. The van der Waals surface area contributed by atoms with Crippen LogP contribution in [-0.4, -0.2) is 48.4 Å². The Balaban J connectivity index is 2.28. The summed E-state index contributed by atoms with van der Waals surface area (Å²) in [6, 6.07) is 3.60. The van der Waals surface area contributed by atoms with Crippen molar-refractivity contribution in [2.45, 2.75) is 20.3 Å². The molecule has 0 aromatic heterocycles. The van der Waals surface area contributed by atoms with Crippen molar-refractivity contribution in [3.63, 3.8) is 0 Å². The van der Waals surface area contributed by atoms with E-state index in [9.17, 15) is 9.59 Å². The van der Waals surface area contributed by atoms with E-state index in [1.165, 1.54) is 12.2 Å². The van der Waals surface area contributed by atoms with Crippen LogP contribution < -0.4 is 10.5 Å². The van der Waals surface area contributed by atoms with Crippen molar-refractivity contribution in [1.82, 2.24) is 4.90 Å². The number of ether oxygens (including phenoxy) is 1. The molecule has 0 spiro atoms. The largest absolute Gasteiger partial charge is 0.496 e. The molecular weight excluding hydrogens is 320 g/mol. The standard InChI is InChI=1S/C19H24N2O4/c1-4-21(5-6-22)16-11-17(23)13(9-18(16)24)8-14-7-12(2)15(20)10-19(14)25-3/h7,9-11,22H,4-6,8,20H2,1-3H3. The molecule has 1 aliphatic carbocycles. The summed E-state index contributed by atoms with van der Waals surface area (Å²) in [5.74, 6) is 0.160. The number of carbonyl (C=O) groups is 2. The maximum Gasteiger partial charge on any atom is 0.202 e. The van der Waals surface area contributed by atoms with Crippen molar-refractivity contribution in [2.75, 3.05) is 32.5 Å². The Morgan fingerprint density at radius 1 is 1.20 bits per heavy atom. The third-order valence-electron chi connectivity index (χ3n) is 4.28. The highest BCUT2D eigenvalue weighted by atomic mass is 16.5. The first kappa shape index (κ1) is 18.7. The van der Waals surface area contributed by atoms with Crippen LogP contribution >= 0.6 is 0 Å². The molecule has 3 N–H and O–H groups in total. The molecule has 0 aliphatic heterocycles. The Morgan fingerprint density at radius 2 is 1.92 bits per heavy atom. The molecule has 0 bridgehead atoms. The maximum absolute atomic E-state index is 12.5. The van der Waals surface area contributed by atoms with Crippen molar-refractivity contribution in [1.29, 1.82) is 0 Å². The number of carbonyl (C=O) groups excluding carboxylic acids is 2. The van der Waals surface area contributed by atoms with Gasteiger partial charge in [0, 0.05) is 42.9 Å². The van der Waals surface area contributed by atoms with Crippen LogP contribution in [0.25, 0.3) is 0 Å². The van der Waals surface area contributed by atoms with Gasteiger partial charge in [0.25, 0.3) is 0 Å². The molecule has 1 aromatic rings. The monoisotopic (exact) mass is 344 g/mol. The highest BCUT2D eigenvalue weighted by Crippen LogP contribution is 2.28. The SMILES string of the molecule is CCN(CCO)C1=CC(=O)C(Cc2cc(C)c(N)cc2OC)=CC1=O. The predicted molar refractivity (Wildman–Crippen MR) is 96.4 cm³/mol. The molecule has 1 aliphatic rings. The van der Waals surface area contributed by atoms with Gasteiger partial charge in [-0.25, -0.2) is 0 Å². The third-order valence-corrected chi connectivity index (χ3v) is 4.28. The summed E-state index contributed by atoms with van der Waals surface area (Å²) in [7, 11) is 1.54. The topological polar surface area (TPSA) is 92.9 Å². The minimum absolute atomic E-state index is 0.0782. The number of hydrogen-bond donors (Lipinski definition) is 2. The molecule has 6 heteroatoms. The summed E-state index contributed by atoms with van der Waals surface area (Å²) in [6.07, 6.45) is 3.03. The number of rotatable bonds is 7. The number of methoxy groups -OCH3 is 1. The second kappa shape index (κ2) is 7.98. The molecule has 2 rings (SSSR count). The number of anilines is 1. The molecule has 0 heterocycles. The molecule has 0 atom stereocenters. The second-order valence-corrected chi connectivity index (χ2v) is 5.93. The van der Waals surface area contributed by atoms with Crippen LogP contribution in [0.2, 0.25) is 0 Å². The van der Waals surface area contributed by atoms with Gasteiger partial charge < -0.3 is 20.5 Å². The van der Waals surface area contributed by atoms with Crippen LogP contribution in [0.3, 0.4) is 0 Å². The van der Waals surface area contributed by atoms with Gasteiger partial charge in [0.05, 0.1) is 19.4 Å². The fraction of sp³-hybridized carbons (Fsp3) is 0.368. The number of likely N-dealkylation sites (N-methyl/N-ethyl adjacent to an activating group) is 1. The summed E-state index contributed by atoms with van der Waals surface area (Å²) in [6.45, 7) is 4.53. The molecule has 0 radical (unpaired) electrons. The van der Waals surface area contributed by atoms with Crippen molar-refractivity contribution >= 4 is 17.3 Å². The van der Waals surface area contributed by atoms with Crippen LogP contribution in [0.1, 0.15) is 18.1 Å². The zero-order valence-electron chi connectivity index (χ0n) is 14.8. The third kappa shape index (κ3) is 4.09. The number of aliphatic hydroxyl groups excluding tert-OH is 1. The van der Waals surface area contributed by atoms with Gasteiger partial charge in [0.2, 0.25) is 5.78 Å². The van der Waals surface area contributed by atoms with Crippen LogP contribution in [0.15, 0.2) is 35.6 Å². The fourth-order valence-corrected chi connectivity index (χ4v) is 2.84. The predicted octanol–water partition coefficient (Wildman–Crippen LogP) is 1.40.